The standard InChI is InChI=1S/C36H63N4O11P/c1-13-23(14-2)46-29-19-25(17-27(31(29)37-21(5)41)39-33(43)48-35(7,8)9)50-52(45)51-26-18-28(40-34(44)49-36(10,11)12)32(38-22(6)42)30(20-26)47-24(15-3)16-4/h19-20,23-24,27-32,52H,13-18H2,1-12H3,(H,37,41)(H,38,42)(H,39,43)(H,40,44)/t27-,28-,29+,30+,31+,32+/m0/s1. The molecule has 0 saturated heterocycles. The lowest BCUT2D eigenvalue weighted by atomic mass is 9.91. The van der Waals surface area contributed by atoms with Crippen molar-refractivity contribution in [2.24, 2.45) is 0 Å². The van der Waals surface area contributed by atoms with Crippen molar-refractivity contribution in [2.75, 3.05) is 0 Å². The summed E-state index contributed by atoms with van der Waals surface area (Å²) >= 11 is 0. The zero-order valence-corrected chi connectivity index (χ0v) is 34.0. The molecule has 2 aliphatic carbocycles. The van der Waals surface area contributed by atoms with Gasteiger partial charge in [0, 0.05) is 26.7 Å². The maximum absolute atomic E-state index is 13.6. The molecule has 16 heteroatoms. The van der Waals surface area contributed by atoms with Crippen LogP contribution in [0.2, 0.25) is 0 Å². The summed E-state index contributed by atoms with van der Waals surface area (Å²) in [5.41, 5.74) is -1.55. The first-order valence-electron chi connectivity index (χ1n) is 18.3. The molecule has 15 nitrogen and oxygen atoms in total. The van der Waals surface area contributed by atoms with Gasteiger partial charge in [-0.2, -0.15) is 0 Å². The lowest BCUT2D eigenvalue weighted by molar-refractivity contribution is -0.122. The van der Waals surface area contributed by atoms with Crippen molar-refractivity contribution in [3.8, 4) is 0 Å². The molecule has 6 atom stereocenters. The third-order valence-corrected chi connectivity index (χ3v) is 9.07. The van der Waals surface area contributed by atoms with Crippen LogP contribution in [0.4, 0.5) is 9.59 Å². The van der Waals surface area contributed by atoms with Crippen molar-refractivity contribution >= 4 is 32.3 Å². The number of alkyl carbamates (subject to hydrolysis) is 2. The molecule has 0 aromatic rings. The SMILES string of the molecule is CCC(CC)O[C@@H]1C=C(O[PH](=O)OC2=C[C@@H](OC(CC)CC)[C@H](NC(C)=O)[C@@H](NC(=O)OC(C)(C)C)C2)C[C@H](NC(=O)OC(C)(C)C)[C@H]1NC(C)=O. The first-order chi connectivity index (χ1) is 24.2. The lowest BCUT2D eigenvalue weighted by Crippen LogP contribution is -2.59. The topological polar surface area (TPSA) is 189 Å². The number of rotatable bonds is 16. The Kier molecular flexibility index (Phi) is 17.5. The molecule has 52 heavy (non-hydrogen) atoms. The Morgan fingerprint density at radius 3 is 1.25 bits per heavy atom. The molecule has 0 bridgehead atoms. The molecular weight excluding hydrogens is 695 g/mol. The van der Waals surface area contributed by atoms with Crippen LogP contribution in [0.5, 0.6) is 0 Å². The van der Waals surface area contributed by atoms with Gasteiger partial charge < -0.3 is 49.3 Å². The highest BCUT2D eigenvalue weighted by Crippen LogP contribution is 2.38. The second-order valence-electron chi connectivity index (χ2n) is 15.2. The second kappa shape index (κ2) is 20.2. The first kappa shape index (κ1) is 44.9. The van der Waals surface area contributed by atoms with Crippen LogP contribution >= 0.6 is 8.25 Å². The van der Waals surface area contributed by atoms with Crippen LogP contribution in [-0.2, 0) is 42.1 Å². The maximum atomic E-state index is 13.6. The van der Waals surface area contributed by atoms with Crippen molar-refractivity contribution in [3.63, 3.8) is 0 Å². The van der Waals surface area contributed by atoms with Crippen LogP contribution in [0.15, 0.2) is 23.7 Å². The summed E-state index contributed by atoms with van der Waals surface area (Å²) in [5, 5.41) is 11.4. The fraction of sp³-hybridized carbons (Fsp3) is 0.778. The molecule has 0 saturated carbocycles. The molecule has 0 aromatic heterocycles. The van der Waals surface area contributed by atoms with Gasteiger partial charge in [0.25, 0.3) is 0 Å². The summed E-state index contributed by atoms with van der Waals surface area (Å²) in [5.74, 6) is -0.197. The van der Waals surface area contributed by atoms with Crippen LogP contribution in [0, 0.1) is 0 Å². The molecule has 4 amide bonds. The number of hydrogen-bond donors (Lipinski definition) is 4. The third-order valence-electron chi connectivity index (χ3n) is 8.21. The van der Waals surface area contributed by atoms with E-state index >= 15 is 0 Å². The largest absolute Gasteiger partial charge is 0.444 e. The van der Waals surface area contributed by atoms with Gasteiger partial charge in [-0.15, -0.1) is 0 Å². The van der Waals surface area contributed by atoms with Gasteiger partial charge in [0.2, 0.25) is 11.8 Å². The highest BCUT2D eigenvalue weighted by Gasteiger charge is 2.41. The second-order valence-corrected chi connectivity index (χ2v) is 16.1. The van der Waals surface area contributed by atoms with E-state index in [-0.39, 0.29) is 48.4 Å². The average molecular weight is 759 g/mol. The molecule has 0 aromatic carbocycles. The van der Waals surface area contributed by atoms with E-state index in [0.717, 1.165) is 0 Å². The Bertz CT molecular complexity index is 1210. The van der Waals surface area contributed by atoms with Crippen molar-refractivity contribution in [3.05, 3.63) is 23.7 Å². The van der Waals surface area contributed by atoms with Crippen molar-refractivity contribution in [2.45, 2.75) is 181 Å². The predicted molar refractivity (Wildman–Crippen MR) is 197 cm³/mol. The van der Waals surface area contributed by atoms with Crippen LogP contribution in [0.25, 0.3) is 0 Å². The van der Waals surface area contributed by atoms with Crippen molar-refractivity contribution < 1.29 is 51.7 Å². The van der Waals surface area contributed by atoms with E-state index in [1.54, 1.807) is 53.7 Å². The number of carbonyl (C=O) groups is 4. The average Bonchev–Trinajstić information content (AvgIpc) is 2.99. The molecule has 0 spiro atoms. The zero-order valence-electron chi connectivity index (χ0n) is 33.0. The molecule has 0 radical (unpaired) electrons. The van der Waals surface area contributed by atoms with E-state index in [4.69, 9.17) is 28.0 Å². The highest BCUT2D eigenvalue weighted by molar-refractivity contribution is 7.33. The number of carbonyl (C=O) groups excluding carboxylic acids is 4. The van der Waals surface area contributed by atoms with Crippen molar-refractivity contribution in [1.82, 2.24) is 21.3 Å². The number of nitrogens with one attached hydrogen (secondary N) is 4. The Morgan fingerprint density at radius 1 is 0.654 bits per heavy atom. The summed E-state index contributed by atoms with van der Waals surface area (Å²) < 4.78 is 49.2. The van der Waals surface area contributed by atoms with E-state index in [1.165, 1.54) is 13.8 Å². The van der Waals surface area contributed by atoms with E-state index in [0.29, 0.717) is 25.7 Å². The van der Waals surface area contributed by atoms with E-state index in [2.05, 4.69) is 21.3 Å². The monoisotopic (exact) mass is 758 g/mol. The number of hydrogen-bond acceptors (Lipinski definition) is 11. The Morgan fingerprint density at radius 2 is 0.981 bits per heavy atom. The minimum atomic E-state index is -3.31. The minimum absolute atomic E-state index is 0.0413. The molecule has 0 unspecified atom stereocenters. The van der Waals surface area contributed by atoms with Gasteiger partial charge >= 0.3 is 20.4 Å². The number of ether oxygens (including phenoxy) is 4. The fourth-order valence-electron chi connectivity index (χ4n) is 5.93. The highest BCUT2D eigenvalue weighted by atomic mass is 31.1. The molecule has 2 rings (SSSR count). The lowest BCUT2D eigenvalue weighted by Gasteiger charge is -2.39. The summed E-state index contributed by atoms with van der Waals surface area (Å²) in [6.45, 7) is 21.1. The Hall–Kier alpha value is -3.29. The molecule has 298 valence electrons. The summed E-state index contributed by atoms with van der Waals surface area (Å²) in [4.78, 5) is 50.4. The van der Waals surface area contributed by atoms with E-state index in [9.17, 15) is 23.7 Å². The van der Waals surface area contributed by atoms with Crippen molar-refractivity contribution in [1.29, 1.82) is 0 Å². The maximum Gasteiger partial charge on any atom is 0.418 e. The van der Waals surface area contributed by atoms with Gasteiger partial charge in [0.15, 0.2) is 0 Å². The first-order valence-corrected chi connectivity index (χ1v) is 19.5. The fourth-order valence-corrected chi connectivity index (χ4v) is 6.70. The smallest absolute Gasteiger partial charge is 0.418 e. The van der Waals surface area contributed by atoms with Gasteiger partial charge in [-0.25, -0.2) is 14.2 Å². The quantitative estimate of drug-likeness (QED) is 0.137. The van der Waals surface area contributed by atoms with Gasteiger partial charge in [0.05, 0.1) is 36.4 Å². The number of amides is 4. The van der Waals surface area contributed by atoms with Gasteiger partial charge in [-0.1, -0.05) is 27.7 Å². The molecule has 0 aliphatic heterocycles. The molecule has 0 fully saturated rings. The minimum Gasteiger partial charge on any atom is -0.444 e. The zero-order chi connectivity index (χ0) is 39.4. The van der Waals surface area contributed by atoms with Gasteiger partial charge in [0.1, 0.15) is 34.9 Å². The Labute approximate surface area is 310 Å². The normalized spacial score (nSPS) is 23.7. The summed E-state index contributed by atoms with van der Waals surface area (Å²) in [6, 6.07) is -2.87. The van der Waals surface area contributed by atoms with Crippen LogP contribution in [0.1, 0.15) is 122 Å². The van der Waals surface area contributed by atoms with Crippen LogP contribution in [0.3, 0.4) is 0 Å². The molecular formula is C36H63N4O11P. The molecule has 0 heterocycles. The molecule has 2 aliphatic rings. The van der Waals surface area contributed by atoms with Gasteiger partial charge in [-0.3, -0.25) is 9.59 Å². The van der Waals surface area contributed by atoms with E-state index < -0.39 is 68.0 Å². The van der Waals surface area contributed by atoms with Crippen LogP contribution < -0.4 is 21.3 Å². The van der Waals surface area contributed by atoms with Crippen LogP contribution in [-0.4, -0.2) is 83.8 Å². The third kappa shape index (κ3) is 15.8. The molecule has 4 N–H and O–H groups in total. The summed E-state index contributed by atoms with van der Waals surface area (Å²) in [6.07, 6.45) is 2.91. The van der Waals surface area contributed by atoms with Gasteiger partial charge in [-0.05, 0) is 79.4 Å². The summed E-state index contributed by atoms with van der Waals surface area (Å²) in [7, 11) is -3.31. The van der Waals surface area contributed by atoms with E-state index in [1.807, 2.05) is 27.7 Å². The Balaban J connectivity index is 2.45. The predicted octanol–water partition coefficient (Wildman–Crippen LogP) is 5.93.